The second-order valence-electron chi connectivity index (χ2n) is 8.76. The monoisotopic (exact) mass is 530 g/mol. The number of rotatable bonds is 9. The summed E-state index contributed by atoms with van der Waals surface area (Å²) < 4.78 is 25.9. The summed E-state index contributed by atoms with van der Waals surface area (Å²) >= 11 is 5.68. The Bertz CT molecular complexity index is 1410. The third kappa shape index (κ3) is 5.52. The predicted octanol–water partition coefficient (Wildman–Crippen LogP) is 5.88. The molecule has 0 radical (unpaired) electrons. The van der Waals surface area contributed by atoms with Crippen molar-refractivity contribution in [1.29, 1.82) is 0 Å². The first-order valence-electron chi connectivity index (χ1n) is 12.4. The molecule has 1 aliphatic heterocycles. The molecule has 1 aliphatic rings. The average Bonchev–Trinajstić information content (AvgIpc) is 3.54. The van der Waals surface area contributed by atoms with Gasteiger partial charge in [0.1, 0.15) is 29.1 Å². The van der Waals surface area contributed by atoms with Gasteiger partial charge in [0.15, 0.2) is 5.11 Å². The van der Waals surface area contributed by atoms with E-state index in [9.17, 15) is 9.18 Å². The van der Waals surface area contributed by atoms with E-state index in [-0.39, 0.29) is 30.1 Å². The number of ether oxygens (including phenoxy) is 1. The second kappa shape index (κ2) is 11.4. The van der Waals surface area contributed by atoms with Crippen LogP contribution in [0.1, 0.15) is 36.9 Å². The summed E-state index contributed by atoms with van der Waals surface area (Å²) in [5, 5.41) is 6.47. The van der Waals surface area contributed by atoms with E-state index < -0.39 is 5.82 Å². The van der Waals surface area contributed by atoms with E-state index in [4.69, 9.17) is 21.4 Å². The summed E-state index contributed by atoms with van der Waals surface area (Å²) in [6.45, 7) is 2.85. The number of para-hydroxylation sites is 1. The molecule has 38 heavy (non-hydrogen) atoms. The number of hydrogen-bond acceptors (Lipinski definition) is 5. The van der Waals surface area contributed by atoms with E-state index >= 15 is 0 Å². The fourth-order valence-corrected chi connectivity index (χ4v) is 4.83. The Morgan fingerprint density at radius 2 is 1.89 bits per heavy atom. The van der Waals surface area contributed by atoms with Crippen LogP contribution in [0.3, 0.4) is 0 Å². The van der Waals surface area contributed by atoms with Gasteiger partial charge in [0.25, 0.3) is 0 Å². The third-order valence-electron chi connectivity index (χ3n) is 6.29. The van der Waals surface area contributed by atoms with Crippen molar-refractivity contribution in [2.24, 2.45) is 0 Å². The van der Waals surface area contributed by atoms with Crippen molar-refractivity contribution in [3.8, 4) is 17.1 Å². The number of nitrogens with one attached hydrogen (secondary N) is 2. The first kappa shape index (κ1) is 25.4. The number of amides is 1. The highest BCUT2D eigenvalue weighted by Crippen LogP contribution is 2.40. The highest BCUT2D eigenvalue weighted by atomic mass is 32.1. The zero-order chi connectivity index (χ0) is 26.5. The van der Waals surface area contributed by atoms with Gasteiger partial charge in [-0.05, 0) is 79.8 Å². The number of hydrogen-bond donors (Lipinski definition) is 2. The number of halogens is 1. The minimum atomic E-state index is -0.482. The Morgan fingerprint density at radius 3 is 2.63 bits per heavy atom. The van der Waals surface area contributed by atoms with Crippen LogP contribution < -0.4 is 15.4 Å². The normalized spacial score (nSPS) is 16.8. The molecule has 194 valence electrons. The number of thiocarbonyl (C=S) groups is 1. The maximum atomic E-state index is 14.0. The molecule has 2 aromatic carbocycles. The number of pyridine rings is 1. The zero-order valence-electron chi connectivity index (χ0n) is 20.8. The van der Waals surface area contributed by atoms with Crippen LogP contribution in [0.5, 0.6) is 5.75 Å². The number of benzene rings is 2. The van der Waals surface area contributed by atoms with Crippen molar-refractivity contribution in [3.63, 3.8) is 0 Å². The Labute approximate surface area is 225 Å². The van der Waals surface area contributed by atoms with Gasteiger partial charge in [0.05, 0.1) is 24.0 Å². The maximum absolute atomic E-state index is 14.0. The van der Waals surface area contributed by atoms with Crippen LogP contribution in [-0.4, -0.2) is 34.1 Å². The van der Waals surface area contributed by atoms with Crippen molar-refractivity contribution < 1.29 is 18.3 Å². The first-order chi connectivity index (χ1) is 18.5. The van der Waals surface area contributed by atoms with Crippen LogP contribution >= 0.6 is 12.2 Å². The fourth-order valence-electron chi connectivity index (χ4n) is 4.50. The molecule has 1 saturated heterocycles. The van der Waals surface area contributed by atoms with Gasteiger partial charge < -0.3 is 24.7 Å². The number of carbonyl (C=O) groups excluding carboxylic acids is 1. The molecule has 0 unspecified atom stereocenters. The Kier molecular flexibility index (Phi) is 7.65. The zero-order valence-corrected chi connectivity index (χ0v) is 21.6. The third-order valence-corrected chi connectivity index (χ3v) is 6.65. The lowest BCUT2D eigenvalue weighted by molar-refractivity contribution is -0.116. The summed E-state index contributed by atoms with van der Waals surface area (Å²) in [6, 6.07) is 22.7. The van der Waals surface area contributed by atoms with Gasteiger partial charge in [-0.15, -0.1) is 0 Å². The van der Waals surface area contributed by atoms with Crippen molar-refractivity contribution in [2.75, 3.05) is 18.5 Å². The molecule has 1 amide bonds. The van der Waals surface area contributed by atoms with Crippen molar-refractivity contribution in [2.45, 2.75) is 25.4 Å². The number of carbonyl (C=O) groups is 1. The quantitative estimate of drug-likeness (QED) is 0.262. The topological polar surface area (TPSA) is 79.6 Å². The van der Waals surface area contributed by atoms with Crippen LogP contribution in [0.25, 0.3) is 11.3 Å². The SMILES string of the molecule is CCOc1ccc(-c2ccc([C@H]3[C@@H](c4ccccn4)NC(=S)N3CCC(=O)Nc3ccccc3F)o2)cc1. The molecule has 3 heterocycles. The van der Waals surface area contributed by atoms with Gasteiger partial charge in [-0.3, -0.25) is 9.78 Å². The van der Waals surface area contributed by atoms with Crippen LogP contribution in [0, 0.1) is 5.82 Å². The smallest absolute Gasteiger partial charge is 0.226 e. The molecule has 5 rings (SSSR count). The van der Waals surface area contributed by atoms with E-state index in [0.717, 1.165) is 17.0 Å². The van der Waals surface area contributed by atoms with E-state index in [1.54, 1.807) is 18.3 Å². The molecule has 0 aliphatic carbocycles. The summed E-state index contributed by atoms with van der Waals surface area (Å²) in [5.74, 6) is 1.39. The van der Waals surface area contributed by atoms with E-state index in [1.807, 2.05) is 66.4 Å². The van der Waals surface area contributed by atoms with Gasteiger partial charge >= 0.3 is 0 Å². The Morgan fingerprint density at radius 1 is 1.11 bits per heavy atom. The van der Waals surface area contributed by atoms with E-state index in [1.165, 1.54) is 12.1 Å². The van der Waals surface area contributed by atoms with E-state index in [2.05, 4.69) is 15.6 Å². The lowest BCUT2D eigenvalue weighted by Gasteiger charge is -2.25. The lowest BCUT2D eigenvalue weighted by atomic mass is 10.0. The van der Waals surface area contributed by atoms with Crippen LogP contribution in [0.15, 0.2) is 89.5 Å². The van der Waals surface area contributed by atoms with Crippen LogP contribution in [0.4, 0.5) is 10.1 Å². The highest BCUT2D eigenvalue weighted by molar-refractivity contribution is 7.80. The van der Waals surface area contributed by atoms with Gasteiger partial charge in [0, 0.05) is 24.7 Å². The van der Waals surface area contributed by atoms with E-state index in [0.29, 0.717) is 29.8 Å². The minimum absolute atomic E-state index is 0.105. The predicted molar refractivity (Wildman–Crippen MR) is 147 cm³/mol. The Balaban J connectivity index is 1.38. The number of anilines is 1. The van der Waals surface area contributed by atoms with Gasteiger partial charge in [-0.1, -0.05) is 18.2 Å². The van der Waals surface area contributed by atoms with Gasteiger partial charge in [-0.2, -0.15) is 0 Å². The maximum Gasteiger partial charge on any atom is 0.226 e. The van der Waals surface area contributed by atoms with Gasteiger partial charge in [-0.25, -0.2) is 4.39 Å². The van der Waals surface area contributed by atoms with Crippen molar-refractivity contribution in [3.05, 3.63) is 102 Å². The van der Waals surface area contributed by atoms with Crippen LogP contribution in [-0.2, 0) is 4.79 Å². The molecule has 2 atom stereocenters. The average molecular weight is 531 g/mol. The molecule has 4 aromatic rings. The molecule has 0 spiro atoms. The summed E-state index contributed by atoms with van der Waals surface area (Å²) in [7, 11) is 0. The largest absolute Gasteiger partial charge is 0.494 e. The minimum Gasteiger partial charge on any atom is -0.494 e. The molecular formula is C29H27FN4O3S. The molecule has 2 N–H and O–H groups in total. The fraction of sp³-hybridized carbons (Fsp3) is 0.207. The highest BCUT2D eigenvalue weighted by Gasteiger charge is 2.41. The molecule has 0 bridgehead atoms. The molecular weight excluding hydrogens is 503 g/mol. The number of furan rings is 1. The molecule has 1 fully saturated rings. The molecule has 7 nitrogen and oxygen atoms in total. The number of aromatic nitrogens is 1. The lowest BCUT2D eigenvalue weighted by Crippen LogP contribution is -2.32. The van der Waals surface area contributed by atoms with Gasteiger partial charge in [0.2, 0.25) is 5.91 Å². The Hall–Kier alpha value is -4.24. The summed E-state index contributed by atoms with van der Waals surface area (Å²) in [6.07, 6.45) is 1.84. The van der Waals surface area contributed by atoms with Crippen molar-refractivity contribution in [1.82, 2.24) is 15.2 Å². The summed E-state index contributed by atoms with van der Waals surface area (Å²) in [5.41, 5.74) is 1.86. The standard InChI is InChI=1S/C29H27FN4O3S/c1-2-36-20-12-10-19(11-13-20)24-14-15-25(37-24)28-27(23-9-5-6-17-31-23)33-29(38)34(28)18-16-26(35)32-22-8-4-3-7-21(22)30/h3-15,17,27-28H,2,16,18H2,1H3,(H,32,35)(H,33,38)/t27-,28+/m1/s1. The van der Waals surface area contributed by atoms with Crippen molar-refractivity contribution >= 4 is 28.9 Å². The second-order valence-corrected chi connectivity index (χ2v) is 9.14. The first-order valence-corrected chi connectivity index (χ1v) is 12.8. The molecule has 9 heteroatoms. The number of nitrogens with zero attached hydrogens (tertiary/aromatic N) is 2. The van der Waals surface area contributed by atoms with Crippen LogP contribution in [0.2, 0.25) is 0 Å². The molecule has 0 saturated carbocycles. The summed E-state index contributed by atoms with van der Waals surface area (Å²) in [4.78, 5) is 19.1. The molecule has 2 aromatic heterocycles.